The third-order valence-electron chi connectivity index (χ3n) is 4.62. The number of carbonyl (C=O) groups is 1. The molecular weight excluding hydrogens is 347 g/mol. The van der Waals surface area contributed by atoms with Crippen LogP contribution in [0, 0.1) is 12.7 Å². The quantitative estimate of drug-likeness (QED) is 0.812. The van der Waals surface area contributed by atoms with Crippen LogP contribution in [0.4, 0.5) is 4.39 Å². The molecule has 27 heavy (non-hydrogen) atoms. The monoisotopic (exact) mass is 372 g/mol. The van der Waals surface area contributed by atoms with E-state index in [-0.39, 0.29) is 24.4 Å². The number of hydrogen-bond acceptors (Lipinski definition) is 4. The molecule has 0 radical (unpaired) electrons. The van der Waals surface area contributed by atoms with Gasteiger partial charge >= 0.3 is 0 Å². The SMILES string of the molecule is Cc1ccc(OCC(=O)NC[C@H](c2ccc(F)cc2)N2CCOCC2)cc1. The number of halogens is 1. The molecule has 3 rings (SSSR count). The minimum atomic E-state index is -0.269. The van der Waals surface area contributed by atoms with Crippen LogP contribution in [-0.2, 0) is 9.53 Å². The van der Waals surface area contributed by atoms with E-state index in [2.05, 4.69) is 10.2 Å². The molecule has 0 aromatic heterocycles. The number of carbonyl (C=O) groups excluding carboxylic acids is 1. The molecule has 1 N–H and O–H groups in total. The first-order valence-electron chi connectivity index (χ1n) is 9.15. The Hall–Kier alpha value is -2.44. The number of hydrogen-bond donors (Lipinski definition) is 1. The standard InChI is InChI=1S/C21H25FN2O3/c1-16-2-8-19(9-3-16)27-15-21(25)23-14-20(24-10-12-26-13-11-24)17-4-6-18(22)7-5-17/h2-9,20H,10-15H2,1H3,(H,23,25)/t20-/m1/s1. The molecule has 1 heterocycles. The Bertz CT molecular complexity index is 728. The summed E-state index contributed by atoms with van der Waals surface area (Å²) in [6.45, 7) is 5.25. The minimum absolute atomic E-state index is 0.0298. The zero-order valence-electron chi connectivity index (χ0n) is 15.5. The molecule has 0 aliphatic carbocycles. The molecule has 1 fully saturated rings. The van der Waals surface area contributed by atoms with Crippen molar-refractivity contribution in [2.45, 2.75) is 13.0 Å². The first-order chi connectivity index (χ1) is 13.1. The Morgan fingerprint density at radius 3 is 2.48 bits per heavy atom. The summed E-state index contributed by atoms with van der Waals surface area (Å²) in [7, 11) is 0. The van der Waals surface area contributed by atoms with Crippen molar-refractivity contribution < 1.29 is 18.7 Å². The lowest BCUT2D eigenvalue weighted by atomic mass is 10.0. The van der Waals surface area contributed by atoms with Gasteiger partial charge in [0.2, 0.25) is 0 Å². The molecular formula is C21H25FN2O3. The molecule has 1 aliphatic heterocycles. The molecule has 0 bridgehead atoms. The Morgan fingerprint density at radius 2 is 1.81 bits per heavy atom. The zero-order chi connectivity index (χ0) is 19.1. The highest BCUT2D eigenvalue weighted by atomic mass is 19.1. The van der Waals surface area contributed by atoms with E-state index in [1.807, 2.05) is 31.2 Å². The number of ether oxygens (including phenoxy) is 2. The number of nitrogens with one attached hydrogen (secondary N) is 1. The number of nitrogens with zero attached hydrogens (tertiary/aromatic N) is 1. The maximum Gasteiger partial charge on any atom is 0.258 e. The van der Waals surface area contributed by atoms with Crippen molar-refractivity contribution in [3.63, 3.8) is 0 Å². The van der Waals surface area contributed by atoms with Crippen molar-refractivity contribution in [3.8, 4) is 5.75 Å². The number of morpholine rings is 1. The lowest BCUT2D eigenvalue weighted by Crippen LogP contribution is -2.44. The minimum Gasteiger partial charge on any atom is -0.484 e. The van der Waals surface area contributed by atoms with E-state index in [4.69, 9.17) is 9.47 Å². The molecule has 2 aromatic carbocycles. The second kappa shape index (κ2) is 9.48. The Balaban J connectivity index is 1.57. The predicted octanol–water partition coefficient (Wildman–Crippen LogP) is 2.70. The smallest absolute Gasteiger partial charge is 0.258 e. The van der Waals surface area contributed by atoms with Gasteiger partial charge in [0.25, 0.3) is 5.91 Å². The zero-order valence-corrected chi connectivity index (χ0v) is 15.5. The number of rotatable bonds is 7. The molecule has 5 nitrogen and oxygen atoms in total. The Labute approximate surface area is 159 Å². The molecule has 1 amide bonds. The maximum atomic E-state index is 13.3. The lowest BCUT2D eigenvalue weighted by molar-refractivity contribution is -0.123. The maximum absolute atomic E-state index is 13.3. The van der Waals surface area contributed by atoms with Crippen molar-refractivity contribution in [2.75, 3.05) is 39.5 Å². The highest BCUT2D eigenvalue weighted by Gasteiger charge is 2.23. The van der Waals surface area contributed by atoms with Crippen molar-refractivity contribution in [1.82, 2.24) is 10.2 Å². The van der Waals surface area contributed by atoms with E-state index in [1.165, 1.54) is 12.1 Å². The van der Waals surface area contributed by atoms with Crippen LogP contribution in [0.3, 0.4) is 0 Å². The van der Waals surface area contributed by atoms with Crippen molar-refractivity contribution >= 4 is 5.91 Å². The summed E-state index contributed by atoms with van der Waals surface area (Å²) in [5, 5.41) is 2.93. The van der Waals surface area contributed by atoms with Crippen LogP contribution < -0.4 is 10.1 Å². The van der Waals surface area contributed by atoms with Gasteiger partial charge in [-0.3, -0.25) is 9.69 Å². The number of benzene rings is 2. The number of amides is 1. The molecule has 1 aliphatic rings. The Kier molecular flexibility index (Phi) is 6.79. The van der Waals surface area contributed by atoms with Crippen LogP contribution >= 0.6 is 0 Å². The Morgan fingerprint density at radius 1 is 1.15 bits per heavy atom. The summed E-state index contributed by atoms with van der Waals surface area (Å²) >= 11 is 0. The van der Waals surface area contributed by atoms with Gasteiger partial charge in [0.15, 0.2) is 6.61 Å². The third-order valence-corrected chi connectivity index (χ3v) is 4.62. The second-order valence-corrected chi connectivity index (χ2v) is 6.62. The molecule has 144 valence electrons. The fraction of sp³-hybridized carbons (Fsp3) is 0.381. The molecule has 0 saturated carbocycles. The van der Waals surface area contributed by atoms with Crippen LogP contribution in [0.5, 0.6) is 5.75 Å². The molecule has 1 saturated heterocycles. The van der Waals surface area contributed by atoms with Crippen molar-refractivity contribution in [3.05, 3.63) is 65.5 Å². The van der Waals surface area contributed by atoms with Gasteiger partial charge in [0.1, 0.15) is 11.6 Å². The van der Waals surface area contributed by atoms with Gasteiger partial charge in [-0.1, -0.05) is 29.8 Å². The molecule has 0 spiro atoms. The first-order valence-corrected chi connectivity index (χ1v) is 9.15. The average molecular weight is 372 g/mol. The fourth-order valence-corrected chi connectivity index (χ4v) is 3.08. The van der Waals surface area contributed by atoms with Crippen molar-refractivity contribution in [1.29, 1.82) is 0 Å². The number of aryl methyl sites for hydroxylation is 1. The van der Waals surface area contributed by atoms with Crippen LogP contribution in [0.1, 0.15) is 17.2 Å². The van der Waals surface area contributed by atoms with Gasteiger partial charge in [-0.25, -0.2) is 4.39 Å². The van der Waals surface area contributed by atoms with E-state index in [0.717, 1.165) is 24.2 Å². The van der Waals surface area contributed by atoms with Crippen molar-refractivity contribution in [2.24, 2.45) is 0 Å². The third kappa shape index (κ3) is 5.77. The normalized spacial score (nSPS) is 15.9. The van der Waals surface area contributed by atoms with Gasteiger partial charge in [-0.15, -0.1) is 0 Å². The van der Waals surface area contributed by atoms with Crippen LogP contribution in [-0.4, -0.2) is 50.3 Å². The highest BCUT2D eigenvalue weighted by Crippen LogP contribution is 2.21. The summed E-state index contributed by atoms with van der Waals surface area (Å²) in [4.78, 5) is 14.5. The van der Waals surface area contributed by atoms with E-state index < -0.39 is 0 Å². The highest BCUT2D eigenvalue weighted by molar-refractivity contribution is 5.77. The molecule has 6 heteroatoms. The van der Waals surface area contributed by atoms with Gasteiger partial charge in [0.05, 0.1) is 19.3 Å². The summed E-state index contributed by atoms with van der Waals surface area (Å²) < 4.78 is 24.2. The van der Waals surface area contributed by atoms with Gasteiger partial charge in [0, 0.05) is 19.6 Å². The van der Waals surface area contributed by atoms with Gasteiger partial charge in [-0.05, 0) is 36.8 Å². The van der Waals surface area contributed by atoms with E-state index in [1.54, 1.807) is 12.1 Å². The predicted molar refractivity (Wildman–Crippen MR) is 101 cm³/mol. The van der Waals surface area contributed by atoms with Crippen LogP contribution in [0.15, 0.2) is 48.5 Å². The summed E-state index contributed by atoms with van der Waals surface area (Å²) in [5.74, 6) is 0.213. The first kappa shape index (κ1) is 19.3. The summed E-state index contributed by atoms with van der Waals surface area (Å²) in [6.07, 6.45) is 0. The van der Waals surface area contributed by atoms with Gasteiger partial charge < -0.3 is 14.8 Å². The topological polar surface area (TPSA) is 50.8 Å². The molecule has 2 aromatic rings. The summed E-state index contributed by atoms with van der Waals surface area (Å²) in [5.41, 5.74) is 2.11. The summed E-state index contributed by atoms with van der Waals surface area (Å²) in [6, 6.07) is 14.0. The van der Waals surface area contributed by atoms with E-state index in [9.17, 15) is 9.18 Å². The van der Waals surface area contributed by atoms with Crippen LogP contribution in [0.2, 0.25) is 0 Å². The fourth-order valence-electron chi connectivity index (χ4n) is 3.08. The lowest BCUT2D eigenvalue weighted by Gasteiger charge is -2.35. The van der Waals surface area contributed by atoms with E-state index in [0.29, 0.717) is 25.5 Å². The second-order valence-electron chi connectivity index (χ2n) is 6.62. The van der Waals surface area contributed by atoms with Gasteiger partial charge in [-0.2, -0.15) is 0 Å². The molecule has 0 unspecified atom stereocenters. The molecule has 1 atom stereocenters. The van der Waals surface area contributed by atoms with E-state index >= 15 is 0 Å². The average Bonchev–Trinajstić information content (AvgIpc) is 2.70. The largest absolute Gasteiger partial charge is 0.484 e. The van der Waals surface area contributed by atoms with Crippen LogP contribution in [0.25, 0.3) is 0 Å².